The smallest absolute Gasteiger partial charge is 0.247 e. The Morgan fingerprint density at radius 2 is 1.66 bits per heavy atom. The van der Waals surface area contributed by atoms with Crippen LogP contribution in [0.25, 0.3) is 11.5 Å². The molecule has 0 radical (unpaired) electrons. The quantitative estimate of drug-likeness (QED) is 0.454. The maximum absolute atomic E-state index is 14.6. The van der Waals surface area contributed by atoms with Gasteiger partial charge in [0.15, 0.2) is 0 Å². The first-order valence-electron chi connectivity index (χ1n) is 9.37. The van der Waals surface area contributed by atoms with Gasteiger partial charge in [0.1, 0.15) is 17.6 Å². The van der Waals surface area contributed by atoms with Crippen molar-refractivity contribution in [2.24, 2.45) is 0 Å². The van der Waals surface area contributed by atoms with Gasteiger partial charge in [-0.2, -0.15) is 0 Å². The molecule has 0 aliphatic rings. The first kappa shape index (κ1) is 18.7. The molecule has 4 aromatic rings. The average Bonchev–Trinajstić information content (AvgIpc) is 3.25. The Bertz CT molecular complexity index is 1060. The number of nitrogens with one attached hydrogen (secondary N) is 1. The van der Waals surface area contributed by atoms with Gasteiger partial charge in [-0.05, 0) is 49.4 Å². The Balaban J connectivity index is 1.68. The SMILES string of the molecule is CCOc1ccc(N[C@@H](c2nnc(-c3ccccc3)o2)c2ccccc2F)cc1. The highest BCUT2D eigenvalue weighted by atomic mass is 19.1. The predicted octanol–water partition coefficient (Wildman–Crippen LogP) is 5.48. The lowest BCUT2D eigenvalue weighted by molar-refractivity contribution is 0.340. The summed E-state index contributed by atoms with van der Waals surface area (Å²) in [4.78, 5) is 0. The fraction of sp³-hybridized carbons (Fsp3) is 0.130. The van der Waals surface area contributed by atoms with Gasteiger partial charge in [-0.15, -0.1) is 10.2 Å². The number of ether oxygens (including phenoxy) is 1. The summed E-state index contributed by atoms with van der Waals surface area (Å²) in [5, 5.41) is 11.6. The van der Waals surface area contributed by atoms with Crippen molar-refractivity contribution in [3.05, 3.63) is 96.1 Å². The molecular weight excluding hydrogens is 369 g/mol. The lowest BCUT2D eigenvalue weighted by Crippen LogP contribution is -2.14. The maximum atomic E-state index is 14.6. The Hall–Kier alpha value is -3.67. The van der Waals surface area contributed by atoms with Crippen molar-refractivity contribution in [1.82, 2.24) is 10.2 Å². The van der Waals surface area contributed by atoms with Gasteiger partial charge in [0.25, 0.3) is 0 Å². The average molecular weight is 389 g/mol. The van der Waals surface area contributed by atoms with Crippen molar-refractivity contribution in [2.45, 2.75) is 13.0 Å². The first-order chi connectivity index (χ1) is 14.2. The zero-order chi connectivity index (χ0) is 20.1. The van der Waals surface area contributed by atoms with Crippen LogP contribution in [0, 0.1) is 5.82 Å². The monoisotopic (exact) mass is 389 g/mol. The fourth-order valence-electron chi connectivity index (χ4n) is 3.01. The molecule has 0 unspecified atom stereocenters. The summed E-state index contributed by atoms with van der Waals surface area (Å²) in [5.74, 6) is 1.08. The molecule has 1 atom stereocenters. The topological polar surface area (TPSA) is 60.2 Å². The van der Waals surface area contributed by atoms with Gasteiger partial charge in [0, 0.05) is 16.8 Å². The van der Waals surface area contributed by atoms with E-state index in [4.69, 9.17) is 9.15 Å². The molecule has 29 heavy (non-hydrogen) atoms. The molecule has 6 heteroatoms. The predicted molar refractivity (Wildman–Crippen MR) is 109 cm³/mol. The Kier molecular flexibility index (Phi) is 5.52. The Morgan fingerprint density at radius 3 is 2.38 bits per heavy atom. The minimum absolute atomic E-state index is 0.280. The Labute approximate surface area is 168 Å². The van der Waals surface area contributed by atoms with Gasteiger partial charge in [0.05, 0.1) is 6.61 Å². The molecule has 0 fully saturated rings. The van der Waals surface area contributed by atoms with E-state index in [-0.39, 0.29) is 11.7 Å². The molecular formula is C23H20FN3O2. The molecule has 3 aromatic carbocycles. The summed E-state index contributed by atoms with van der Waals surface area (Å²) in [6.45, 7) is 2.52. The molecule has 0 amide bonds. The highest BCUT2D eigenvalue weighted by molar-refractivity contribution is 5.53. The minimum Gasteiger partial charge on any atom is -0.494 e. The zero-order valence-corrected chi connectivity index (χ0v) is 15.9. The van der Waals surface area contributed by atoms with Crippen LogP contribution in [0.15, 0.2) is 83.3 Å². The molecule has 0 aliphatic carbocycles. The number of benzene rings is 3. The molecule has 0 saturated carbocycles. The molecule has 146 valence electrons. The van der Waals surface area contributed by atoms with E-state index in [1.807, 2.05) is 61.5 Å². The number of hydrogen-bond donors (Lipinski definition) is 1. The van der Waals surface area contributed by atoms with Crippen molar-refractivity contribution in [1.29, 1.82) is 0 Å². The molecule has 5 nitrogen and oxygen atoms in total. The van der Waals surface area contributed by atoms with E-state index in [2.05, 4.69) is 15.5 Å². The van der Waals surface area contributed by atoms with Gasteiger partial charge in [0.2, 0.25) is 11.8 Å². The first-order valence-corrected chi connectivity index (χ1v) is 9.37. The molecule has 0 saturated heterocycles. The van der Waals surface area contributed by atoms with Crippen LogP contribution < -0.4 is 10.1 Å². The van der Waals surface area contributed by atoms with Crippen molar-refractivity contribution in [3.63, 3.8) is 0 Å². The molecule has 0 spiro atoms. The third kappa shape index (κ3) is 4.27. The Morgan fingerprint density at radius 1 is 0.931 bits per heavy atom. The van der Waals surface area contributed by atoms with Crippen LogP contribution in [-0.4, -0.2) is 16.8 Å². The number of hydrogen-bond acceptors (Lipinski definition) is 5. The van der Waals surface area contributed by atoms with E-state index < -0.39 is 6.04 Å². The number of nitrogens with zero attached hydrogens (tertiary/aromatic N) is 2. The van der Waals surface area contributed by atoms with Gasteiger partial charge in [-0.3, -0.25) is 0 Å². The second kappa shape index (κ2) is 8.56. The minimum atomic E-state index is -0.640. The van der Waals surface area contributed by atoms with Crippen molar-refractivity contribution < 1.29 is 13.5 Å². The highest BCUT2D eigenvalue weighted by Gasteiger charge is 2.24. The van der Waals surface area contributed by atoms with E-state index in [1.165, 1.54) is 6.07 Å². The second-order valence-electron chi connectivity index (χ2n) is 6.37. The molecule has 1 heterocycles. The second-order valence-corrected chi connectivity index (χ2v) is 6.37. The van der Waals surface area contributed by atoms with Crippen molar-refractivity contribution in [2.75, 3.05) is 11.9 Å². The summed E-state index contributed by atoms with van der Waals surface area (Å²) in [5.41, 5.74) is 2.01. The van der Waals surface area contributed by atoms with Crippen LogP contribution in [0.1, 0.15) is 24.4 Å². The lowest BCUT2D eigenvalue weighted by atomic mass is 10.1. The molecule has 0 aliphatic heterocycles. The summed E-state index contributed by atoms with van der Waals surface area (Å²) in [6.07, 6.45) is 0. The van der Waals surface area contributed by atoms with Gasteiger partial charge in [-0.1, -0.05) is 36.4 Å². The summed E-state index contributed by atoms with van der Waals surface area (Å²) in [7, 11) is 0. The van der Waals surface area contributed by atoms with E-state index in [9.17, 15) is 4.39 Å². The van der Waals surface area contributed by atoms with Crippen LogP contribution in [0.5, 0.6) is 5.75 Å². The van der Waals surface area contributed by atoms with Crippen LogP contribution >= 0.6 is 0 Å². The molecule has 1 aromatic heterocycles. The van der Waals surface area contributed by atoms with Gasteiger partial charge < -0.3 is 14.5 Å². The van der Waals surface area contributed by atoms with Gasteiger partial charge >= 0.3 is 0 Å². The van der Waals surface area contributed by atoms with Crippen LogP contribution in [-0.2, 0) is 0 Å². The summed E-state index contributed by atoms with van der Waals surface area (Å²) >= 11 is 0. The largest absolute Gasteiger partial charge is 0.494 e. The summed E-state index contributed by atoms with van der Waals surface area (Å²) in [6, 6.07) is 22.8. The number of halogens is 1. The van der Waals surface area contributed by atoms with E-state index in [1.54, 1.807) is 18.2 Å². The van der Waals surface area contributed by atoms with Crippen LogP contribution in [0.3, 0.4) is 0 Å². The zero-order valence-electron chi connectivity index (χ0n) is 15.9. The third-order valence-corrected chi connectivity index (χ3v) is 4.40. The van der Waals surface area contributed by atoms with E-state index in [0.717, 1.165) is 17.0 Å². The number of aromatic nitrogens is 2. The maximum Gasteiger partial charge on any atom is 0.247 e. The van der Waals surface area contributed by atoms with Crippen LogP contribution in [0.4, 0.5) is 10.1 Å². The molecule has 0 bridgehead atoms. The standard InChI is InChI=1S/C23H20FN3O2/c1-2-28-18-14-12-17(13-15-18)25-21(19-10-6-7-11-20(19)24)23-27-26-22(29-23)16-8-4-3-5-9-16/h3-15,21,25H,2H2,1H3/t21-/m1/s1. The van der Waals surface area contributed by atoms with E-state index in [0.29, 0.717) is 18.1 Å². The highest BCUT2D eigenvalue weighted by Crippen LogP contribution is 2.30. The number of rotatable bonds is 7. The molecule has 4 rings (SSSR count). The fourth-order valence-corrected chi connectivity index (χ4v) is 3.01. The van der Waals surface area contributed by atoms with Crippen molar-refractivity contribution >= 4 is 5.69 Å². The molecule has 1 N–H and O–H groups in total. The lowest BCUT2D eigenvalue weighted by Gasteiger charge is -2.18. The van der Waals surface area contributed by atoms with Crippen molar-refractivity contribution in [3.8, 4) is 17.2 Å². The van der Waals surface area contributed by atoms with Gasteiger partial charge in [-0.25, -0.2) is 4.39 Å². The van der Waals surface area contributed by atoms with Crippen LogP contribution in [0.2, 0.25) is 0 Å². The third-order valence-electron chi connectivity index (χ3n) is 4.40. The normalized spacial score (nSPS) is 11.8. The van der Waals surface area contributed by atoms with E-state index >= 15 is 0 Å². The number of anilines is 1. The summed E-state index contributed by atoms with van der Waals surface area (Å²) < 4.78 is 26.0.